The quantitative estimate of drug-likeness (QED) is 0.536. The van der Waals surface area contributed by atoms with E-state index in [4.69, 9.17) is 5.11 Å². The van der Waals surface area contributed by atoms with Crippen LogP contribution in [0.25, 0.3) is 0 Å². The topological polar surface area (TPSA) is 20.2 Å². The van der Waals surface area contributed by atoms with Crippen molar-refractivity contribution in [1.82, 2.24) is 0 Å². The molecule has 0 saturated heterocycles. The minimum absolute atomic E-state index is 0.711. The van der Waals surface area contributed by atoms with Crippen molar-refractivity contribution in [3.63, 3.8) is 0 Å². The van der Waals surface area contributed by atoms with Gasteiger partial charge in [0.1, 0.15) is 11.4 Å². The van der Waals surface area contributed by atoms with Gasteiger partial charge in [0.2, 0.25) is 5.82 Å². The molecule has 0 fully saturated rings. The summed E-state index contributed by atoms with van der Waals surface area (Å²) in [7, 11) is 0. The summed E-state index contributed by atoms with van der Waals surface area (Å²) in [6.45, 7) is 0.711. The third-order valence-corrected chi connectivity index (χ3v) is 1.81. The Labute approximate surface area is 79.9 Å². The SMILES string of the molecule is Cc1c(O)c(F)c(F)c(C(F)(F)F)c1F. The Morgan fingerprint density at radius 1 is 0.933 bits per heavy atom. The number of benzene rings is 1. The van der Waals surface area contributed by atoms with Crippen LogP contribution in [0.15, 0.2) is 0 Å². The van der Waals surface area contributed by atoms with Crippen molar-refractivity contribution < 1.29 is 31.4 Å². The van der Waals surface area contributed by atoms with Crippen molar-refractivity contribution in [2.45, 2.75) is 13.1 Å². The zero-order valence-corrected chi connectivity index (χ0v) is 7.22. The summed E-state index contributed by atoms with van der Waals surface area (Å²) < 4.78 is 74.5. The predicted octanol–water partition coefficient (Wildman–Crippen LogP) is 3.14. The first kappa shape index (κ1) is 11.7. The molecule has 0 aliphatic rings. The van der Waals surface area contributed by atoms with Gasteiger partial charge in [-0.3, -0.25) is 0 Å². The maximum Gasteiger partial charge on any atom is 0.422 e. The van der Waals surface area contributed by atoms with Crippen LogP contribution in [0, 0.1) is 24.4 Å². The van der Waals surface area contributed by atoms with Gasteiger partial charge in [0.15, 0.2) is 11.6 Å². The smallest absolute Gasteiger partial charge is 0.422 e. The molecule has 1 aromatic carbocycles. The van der Waals surface area contributed by atoms with Crippen LogP contribution in [-0.4, -0.2) is 5.11 Å². The second-order valence-electron chi connectivity index (χ2n) is 2.79. The molecule has 0 amide bonds. The monoisotopic (exact) mass is 230 g/mol. The lowest BCUT2D eigenvalue weighted by Gasteiger charge is -2.12. The van der Waals surface area contributed by atoms with Crippen molar-refractivity contribution in [1.29, 1.82) is 0 Å². The number of aromatic hydroxyl groups is 1. The molecule has 0 aliphatic heterocycles. The molecule has 0 aliphatic carbocycles. The van der Waals surface area contributed by atoms with Gasteiger partial charge in [-0.2, -0.15) is 17.6 Å². The predicted molar refractivity (Wildman–Crippen MR) is 37.7 cm³/mol. The van der Waals surface area contributed by atoms with E-state index in [0.29, 0.717) is 6.92 Å². The van der Waals surface area contributed by atoms with Crippen molar-refractivity contribution in [3.05, 3.63) is 28.6 Å². The average molecular weight is 230 g/mol. The van der Waals surface area contributed by atoms with Gasteiger partial charge in [-0.15, -0.1) is 0 Å². The minimum atomic E-state index is -5.35. The lowest BCUT2D eigenvalue weighted by atomic mass is 10.1. The van der Waals surface area contributed by atoms with Crippen LogP contribution in [0.3, 0.4) is 0 Å². The minimum Gasteiger partial charge on any atom is -0.504 e. The lowest BCUT2D eigenvalue weighted by molar-refractivity contribution is -0.142. The highest BCUT2D eigenvalue weighted by atomic mass is 19.4. The van der Waals surface area contributed by atoms with Crippen LogP contribution in [0.2, 0.25) is 0 Å². The third kappa shape index (κ3) is 1.73. The molecule has 0 atom stereocenters. The molecule has 0 saturated carbocycles. The first-order chi connectivity index (χ1) is 6.68. The van der Waals surface area contributed by atoms with Gasteiger partial charge in [-0.05, 0) is 6.92 Å². The standard InChI is InChI=1S/C8H4F6O/c1-2-4(9)3(8(12,13)14)5(10)6(11)7(2)15/h15H,1H3. The molecule has 0 unspecified atom stereocenters. The van der Waals surface area contributed by atoms with E-state index in [1.54, 1.807) is 0 Å². The second-order valence-corrected chi connectivity index (χ2v) is 2.79. The van der Waals surface area contributed by atoms with Crippen LogP contribution in [0.1, 0.15) is 11.1 Å². The van der Waals surface area contributed by atoms with Crippen LogP contribution >= 0.6 is 0 Å². The Kier molecular flexibility index (Phi) is 2.58. The molecular formula is C8H4F6O. The van der Waals surface area contributed by atoms with Crippen molar-refractivity contribution >= 4 is 0 Å². The fourth-order valence-electron chi connectivity index (χ4n) is 1.02. The average Bonchev–Trinajstić information content (AvgIpc) is 2.09. The molecule has 1 N–H and O–H groups in total. The number of halogens is 6. The summed E-state index contributed by atoms with van der Waals surface area (Å²) in [5, 5.41) is 8.74. The van der Waals surface area contributed by atoms with Crippen LogP contribution < -0.4 is 0 Å². The van der Waals surface area contributed by atoms with Gasteiger partial charge in [0, 0.05) is 5.56 Å². The van der Waals surface area contributed by atoms with Crippen LogP contribution in [-0.2, 0) is 6.18 Å². The summed E-state index contributed by atoms with van der Waals surface area (Å²) >= 11 is 0. The highest BCUT2D eigenvalue weighted by molar-refractivity contribution is 5.40. The molecule has 7 heteroatoms. The number of hydrogen-bond acceptors (Lipinski definition) is 1. The van der Waals surface area contributed by atoms with E-state index in [-0.39, 0.29) is 0 Å². The number of phenols is 1. The van der Waals surface area contributed by atoms with E-state index in [9.17, 15) is 26.3 Å². The molecule has 15 heavy (non-hydrogen) atoms. The van der Waals surface area contributed by atoms with E-state index in [1.165, 1.54) is 0 Å². The van der Waals surface area contributed by atoms with Crippen molar-refractivity contribution in [2.24, 2.45) is 0 Å². The molecule has 0 radical (unpaired) electrons. The number of alkyl halides is 3. The zero-order valence-electron chi connectivity index (χ0n) is 7.22. The molecule has 1 rings (SSSR count). The maximum atomic E-state index is 12.9. The molecule has 0 spiro atoms. The summed E-state index contributed by atoms with van der Waals surface area (Å²) in [6, 6.07) is 0. The normalized spacial score (nSPS) is 11.9. The van der Waals surface area contributed by atoms with Crippen LogP contribution in [0.5, 0.6) is 5.75 Å². The fraction of sp³-hybridized carbons (Fsp3) is 0.250. The summed E-state index contributed by atoms with van der Waals surface area (Å²) in [5.74, 6) is -8.03. The molecule has 1 aromatic rings. The second kappa shape index (κ2) is 3.32. The van der Waals surface area contributed by atoms with Gasteiger partial charge in [-0.25, -0.2) is 8.78 Å². The molecular weight excluding hydrogens is 226 g/mol. The zero-order chi connectivity index (χ0) is 12.0. The Morgan fingerprint density at radius 2 is 1.40 bits per heavy atom. The number of phenolic OH excluding ortho intramolecular Hbond substituents is 1. The fourth-order valence-corrected chi connectivity index (χ4v) is 1.02. The van der Waals surface area contributed by atoms with E-state index >= 15 is 0 Å². The Balaban J connectivity index is 3.68. The summed E-state index contributed by atoms with van der Waals surface area (Å²) in [4.78, 5) is 0. The van der Waals surface area contributed by atoms with Crippen molar-refractivity contribution in [2.75, 3.05) is 0 Å². The summed E-state index contributed by atoms with van der Waals surface area (Å²) in [5.41, 5.74) is -3.32. The molecule has 1 nitrogen and oxygen atoms in total. The van der Waals surface area contributed by atoms with Gasteiger partial charge in [-0.1, -0.05) is 0 Å². The Morgan fingerprint density at radius 3 is 1.80 bits per heavy atom. The number of rotatable bonds is 0. The molecule has 0 heterocycles. The highest BCUT2D eigenvalue weighted by Gasteiger charge is 2.41. The molecule has 0 bridgehead atoms. The summed E-state index contributed by atoms with van der Waals surface area (Å²) in [6.07, 6.45) is -5.35. The van der Waals surface area contributed by atoms with E-state index < -0.39 is 40.5 Å². The Bertz CT molecular complexity index is 380. The van der Waals surface area contributed by atoms with Gasteiger partial charge >= 0.3 is 6.18 Å². The molecule has 0 aromatic heterocycles. The van der Waals surface area contributed by atoms with Gasteiger partial charge < -0.3 is 5.11 Å². The van der Waals surface area contributed by atoms with Crippen molar-refractivity contribution in [3.8, 4) is 5.75 Å². The first-order valence-corrected chi connectivity index (χ1v) is 3.61. The number of hydrogen-bond donors (Lipinski definition) is 1. The first-order valence-electron chi connectivity index (χ1n) is 3.61. The van der Waals surface area contributed by atoms with Gasteiger partial charge in [0.25, 0.3) is 0 Å². The van der Waals surface area contributed by atoms with E-state index in [1.807, 2.05) is 0 Å². The lowest BCUT2D eigenvalue weighted by Crippen LogP contribution is -2.14. The largest absolute Gasteiger partial charge is 0.504 e. The van der Waals surface area contributed by atoms with Gasteiger partial charge in [0.05, 0.1) is 0 Å². The van der Waals surface area contributed by atoms with Crippen LogP contribution in [0.4, 0.5) is 26.3 Å². The Hall–Kier alpha value is -1.40. The third-order valence-electron chi connectivity index (χ3n) is 1.81. The van der Waals surface area contributed by atoms with E-state index in [2.05, 4.69) is 0 Å². The molecule has 84 valence electrons. The van der Waals surface area contributed by atoms with E-state index in [0.717, 1.165) is 0 Å². The maximum absolute atomic E-state index is 12.9. The highest BCUT2D eigenvalue weighted by Crippen LogP contribution is 2.38.